The second kappa shape index (κ2) is 6.68. The maximum absolute atomic E-state index is 9.71. The number of hydrogen-bond donors (Lipinski definition) is 1. The molecule has 2 aliphatic rings. The second-order valence-electron chi connectivity index (χ2n) is 7.00. The normalized spacial score (nSPS) is 33.0. The Labute approximate surface area is 156 Å². The molecule has 0 saturated carbocycles. The van der Waals surface area contributed by atoms with Crippen molar-refractivity contribution in [3.8, 4) is 0 Å². The van der Waals surface area contributed by atoms with Crippen LogP contribution in [-0.2, 0) is 14.2 Å². The van der Waals surface area contributed by atoms with Crippen LogP contribution >= 0.6 is 0 Å². The van der Waals surface area contributed by atoms with E-state index in [0.29, 0.717) is 11.5 Å². The van der Waals surface area contributed by atoms with Gasteiger partial charge in [-0.1, -0.05) is 6.58 Å². The van der Waals surface area contributed by atoms with Crippen molar-refractivity contribution in [3.05, 3.63) is 31.2 Å². The molecule has 2 aromatic heterocycles. The van der Waals surface area contributed by atoms with Gasteiger partial charge >= 0.3 is 0 Å². The molecule has 27 heavy (non-hydrogen) atoms. The molecule has 0 radical (unpaired) electrons. The first kappa shape index (κ1) is 18.1. The second-order valence-corrected chi connectivity index (χ2v) is 7.00. The molecule has 5 atom stereocenters. The van der Waals surface area contributed by atoms with Crippen molar-refractivity contribution in [2.45, 2.75) is 37.3 Å². The highest BCUT2D eigenvalue weighted by Gasteiger charge is 2.56. The number of fused-ring (bicyclic) bond motifs is 2. The van der Waals surface area contributed by atoms with Gasteiger partial charge in [0, 0.05) is 20.3 Å². The smallest absolute Gasteiger partial charge is 0.185 e. The number of aromatic nitrogens is 3. The van der Waals surface area contributed by atoms with Gasteiger partial charge in [0.15, 0.2) is 17.8 Å². The van der Waals surface area contributed by atoms with Crippen LogP contribution in [0.15, 0.2) is 36.2 Å². The van der Waals surface area contributed by atoms with Crippen molar-refractivity contribution in [3.63, 3.8) is 0 Å². The summed E-state index contributed by atoms with van der Waals surface area (Å²) in [7, 11) is 3.78. The van der Waals surface area contributed by atoms with Crippen molar-refractivity contribution in [1.82, 2.24) is 19.4 Å². The van der Waals surface area contributed by atoms with Gasteiger partial charge in [0.05, 0.1) is 18.3 Å². The van der Waals surface area contributed by atoms with Crippen LogP contribution < -0.4 is 0 Å². The SMILES string of the molecule is C=CC1(C)O[C@@H]2[C@H](O1)[C@@H](CO)O[C@H]2n1ccc2c(N=CN(C)C)ncnc21. The third kappa shape index (κ3) is 3.02. The van der Waals surface area contributed by atoms with E-state index in [4.69, 9.17) is 14.2 Å². The van der Waals surface area contributed by atoms with Crippen LogP contribution in [0, 0.1) is 0 Å². The van der Waals surface area contributed by atoms with Crippen molar-refractivity contribution < 1.29 is 19.3 Å². The van der Waals surface area contributed by atoms with Crippen LogP contribution in [0.1, 0.15) is 13.2 Å². The molecule has 2 aromatic rings. The fourth-order valence-corrected chi connectivity index (χ4v) is 3.45. The highest BCUT2D eigenvalue weighted by atomic mass is 16.8. The molecule has 0 bridgehead atoms. The molecule has 9 nitrogen and oxygen atoms in total. The van der Waals surface area contributed by atoms with E-state index in [9.17, 15) is 5.11 Å². The van der Waals surface area contributed by atoms with Gasteiger partial charge < -0.3 is 28.8 Å². The molecular formula is C18H23N5O4. The molecular weight excluding hydrogens is 350 g/mol. The Morgan fingerprint density at radius 1 is 1.37 bits per heavy atom. The van der Waals surface area contributed by atoms with Gasteiger partial charge in [0.1, 0.15) is 30.3 Å². The zero-order valence-corrected chi connectivity index (χ0v) is 15.5. The highest BCUT2D eigenvalue weighted by Crippen LogP contribution is 2.44. The maximum atomic E-state index is 9.71. The number of rotatable bonds is 5. The molecule has 0 amide bonds. The quantitative estimate of drug-likeness (QED) is 0.478. The fraction of sp³-hybridized carbons (Fsp3) is 0.500. The Balaban J connectivity index is 1.72. The van der Waals surface area contributed by atoms with Crippen LogP contribution in [0.4, 0.5) is 5.82 Å². The predicted octanol–water partition coefficient (Wildman–Crippen LogP) is 1.23. The van der Waals surface area contributed by atoms with E-state index in [1.165, 1.54) is 6.33 Å². The van der Waals surface area contributed by atoms with Gasteiger partial charge in [-0.2, -0.15) is 0 Å². The Morgan fingerprint density at radius 2 is 2.15 bits per heavy atom. The molecule has 4 rings (SSSR count). The van der Waals surface area contributed by atoms with Crippen molar-refractivity contribution in [2.24, 2.45) is 4.99 Å². The van der Waals surface area contributed by atoms with E-state index in [-0.39, 0.29) is 6.61 Å². The molecule has 2 fully saturated rings. The number of ether oxygens (including phenoxy) is 3. The lowest BCUT2D eigenvalue weighted by Crippen LogP contribution is -2.32. The third-order valence-electron chi connectivity index (χ3n) is 4.75. The minimum Gasteiger partial charge on any atom is -0.394 e. The minimum atomic E-state index is -0.913. The van der Waals surface area contributed by atoms with E-state index in [2.05, 4.69) is 21.5 Å². The monoisotopic (exact) mass is 373 g/mol. The van der Waals surface area contributed by atoms with Gasteiger partial charge in [0.2, 0.25) is 0 Å². The lowest BCUT2D eigenvalue weighted by Gasteiger charge is -2.25. The summed E-state index contributed by atoms with van der Waals surface area (Å²) in [5.74, 6) is -0.343. The molecule has 2 aliphatic heterocycles. The third-order valence-corrected chi connectivity index (χ3v) is 4.75. The molecule has 144 valence electrons. The lowest BCUT2D eigenvalue weighted by atomic mass is 10.1. The van der Waals surface area contributed by atoms with Gasteiger partial charge in [-0.3, -0.25) is 0 Å². The summed E-state index contributed by atoms with van der Waals surface area (Å²) in [6.45, 7) is 5.41. The van der Waals surface area contributed by atoms with Crippen molar-refractivity contribution >= 4 is 23.2 Å². The minimum absolute atomic E-state index is 0.166. The summed E-state index contributed by atoms with van der Waals surface area (Å²) in [6.07, 6.45) is 4.85. The average Bonchev–Trinajstić information content (AvgIpc) is 3.31. The maximum Gasteiger partial charge on any atom is 0.185 e. The summed E-state index contributed by atoms with van der Waals surface area (Å²) in [5, 5.41) is 10.5. The molecule has 1 N–H and O–H groups in total. The van der Waals surface area contributed by atoms with E-state index >= 15 is 0 Å². The van der Waals surface area contributed by atoms with E-state index in [0.717, 1.165) is 5.39 Å². The number of aliphatic hydroxyl groups excluding tert-OH is 1. The molecule has 1 unspecified atom stereocenters. The Bertz CT molecular complexity index is 882. The Hall–Kier alpha value is -2.33. The van der Waals surface area contributed by atoms with Crippen LogP contribution in [0.2, 0.25) is 0 Å². The van der Waals surface area contributed by atoms with Crippen LogP contribution in [0.25, 0.3) is 11.0 Å². The van der Waals surface area contributed by atoms with Gasteiger partial charge in [-0.25, -0.2) is 15.0 Å². The zero-order chi connectivity index (χ0) is 19.2. The molecule has 9 heteroatoms. The average molecular weight is 373 g/mol. The van der Waals surface area contributed by atoms with Crippen molar-refractivity contribution in [1.29, 1.82) is 0 Å². The number of hydrogen-bond acceptors (Lipinski definition) is 7. The first-order valence-corrected chi connectivity index (χ1v) is 8.73. The summed E-state index contributed by atoms with van der Waals surface area (Å²) in [6, 6.07) is 1.89. The van der Waals surface area contributed by atoms with Gasteiger partial charge in [0.25, 0.3) is 0 Å². The Morgan fingerprint density at radius 3 is 2.85 bits per heavy atom. The zero-order valence-electron chi connectivity index (χ0n) is 15.5. The fourth-order valence-electron chi connectivity index (χ4n) is 3.45. The summed E-state index contributed by atoms with van der Waals surface area (Å²) in [5.41, 5.74) is 0.675. The molecule has 2 saturated heterocycles. The highest BCUT2D eigenvalue weighted by molar-refractivity contribution is 5.87. The number of nitrogens with zero attached hydrogens (tertiary/aromatic N) is 5. The van der Waals surface area contributed by atoms with E-state index in [1.807, 2.05) is 35.8 Å². The summed E-state index contributed by atoms with van der Waals surface area (Å²) >= 11 is 0. The van der Waals surface area contributed by atoms with E-state index in [1.54, 1.807) is 19.3 Å². The first-order valence-electron chi connectivity index (χ1n) is 8.73. The van der Waals surface area contributed by atoms with Crippen LogP contribution in [0.3, 0.4) is 0 Å². The molecule has 0 aliphatic carbocycles. The number of aliphatic imine (C=N–C) groups is 1. The van der Waals surface area contributed by atoms with Gasteiger partial charge in [-0.05, 0) is 19.1 Å². The molecule has 4 heterocycles. The van der Waals surface area contributed by atoms with Crippen LogP contribution in [0.5, 0.6) is 0 Å². The summed E-state index contributed by atoms with van der Waals surface area (Å²) < 4.78 is 19.9. The van der Waals surface area contributed by atoms with E-state index < -0.39 is 30.3 Å². The lowest BCUT2D eigenvalue weighted by molar-refractivity contribution is -0.183. The van der Waals surface area contributed by atoms with Gasteiger partial charge in [-0.15, -0.1) is 0 Å². The van der Waals surface area contributed by atoms with Crippen LogP contribution in [-0.4, -0.2) is 75.7 Å². The summed E-state index contributed by atoms with van der Waals surface area (Å²) in [4.78, 5) is 14.9. The first-order chi connectivity index (χ1) is 13.0. The molecule has 0 spiro atoms. The largest absolute Gasteiger partial charge is 0.394 e. The van der Waals surface area contributed by atoms with Crippen molar-refractivity contribution in [2.75, 3.05) is 20.7 Å². The Kier molecular flexibility index (Phi) is 4.47. The predicted molar refractivity (Wildman–Crippen MR) is 98.7 cm³/mol. The topological polar surface area (TPSA) is 94.2 Å². The molecule has 0 aromatic carbocycles. The standard InChI is InChI=1S/C18H23N5O4/c1-5-18(2)26-13-12(8-24)25-17(14(13)27-18)23-7-6-11-15(21-10-22(3)4)19-9-20-16(11)23/h5-7,9-10,12-14,17,24H,1,8H2,2-4H3/t12-,13-,14-,17-,18?/m1/s1. The number of aliphatic hydroxyl groups is 1.